The highest BCUT2D eigenvalue weighted by molar-refractivity contribution is 6.00. The Morgan fingerprint density at radius 1 is 1.57 bits per heavy atom. The molecule has 74 valence electrons. The minimum absolute atomic E-state index is 0.106. The fourth-order valence-electron chi connectivity index (χ4n) is 1.08. The molecule has 6 heteroatoms. The summed E-state index contributed by atoms with van der Waals surface area (Å²) in [6.45, 7) is 1.19. The molecular weight excluding hydrogens is 188 g/mol. The largest absolute Gasteiger partial charge is 0.506 e. The number of nitrogens with two attached hydrogens (primary N) is 1. The molecule has 0 fully saturated rings. The SMILES string of the molecule is CC(=O)c1ccc(O)c(N)c1[N+](=O)[O-]. The first-order valence-corrected chi connectivity index (χ1v) is 3.72. The van der Waals surface area contributed by atoms with Crippen molar-refractivity contribution in [2.45, 2.75) is 6.92 Å². The molecule has 1 aromatic rings. The van der Waals surface area contributed by atoms with Crippen molar-refractivity contribution in [2.24, 2.45) is 0 Å². The van der Waals surface area contributed by atoms with Gasteiger partial charge in [-0.2, -0.15) is 0 Å². The third kappa shape index (κ3) is 1.49. The molecular formula is C8H8N2O4. The summed E-state index contributed by atoms with van der Waals surface area (Å²) >= 11 is 0. The zero-order chi connectivity index (χ0) is 10.9. The zero-order valence-electron chi connectivity index (χ0n) is 7.35. The van der Waals surface area contributed by atoms with Crippen molar-refractivity contribution in [3.05, 3.63) is 27.8 Å². The lowest BCUT2D eigenvalue weighted by atomic mass is 10.1. The Hall–Kier alpha value is -2.11. The van der Waals surface area contributed by atoms with Gasteiger partial charge in [-0.15, -0.1) is 0 Å². The monoisotopic (exact) mass is 196 g/mol. The van der Waals surface area contributed by atoms with Crippen LogP contribution in [0.25, 0.3) is 0 Å². The van der Waals surface area contributed by atoms with E-state index >= 15 is 0 Å². The Morgan fingerprint density at radius 2 is 2.14 bits per heavy atom. The summed E-state index contributed by atoms with van der Waals surface area (Å²) in [4.78, 5) is 20.8. The van der Waals surface area contributed by atoms with Crippen LogP contribution in [0, 0.1) is 10.1 Å². The van der Waals surface area contributed by atoms with E-state index in [-0.39, 0.29) is 11.3 Å². The van der Waals surface area contributed by atoms with Crippen LogP contribution in [0.15, 0.2) is 12.1 Å². The van der Waals surface area contributed by atoms with E-state index in [2.05, 4.69) is 0 Å². The summed E-state index contributed by atoms with van der Waals surface area (Å²) < 4.78 is 0. The van der Waals surface area contributed by atoms with Gasteiger partial charge < -0.3 is 10.8 Å². The van der Waals surface area contributed by atoms with Crippen LogP contribution in [0.3, 0.4) is 0 Å². The molecule has 0 aliphatic heterocycles. The third-order valence-electron chi connectivity index (χ3n) is 1.76. The molecule has 0 aliphatic carbocycles. The molecule has 0 atom stereocenters. The summed E-state index contributed by atoms with van der Waals surface area (Å²) in [7, 11) is 0. The van der Waals surface area contributed by atoms with Gasteiger partial charge in [0.25, 0.3) is 0 Å². The fraction of sp³-hybridized carbons (Fsp3) is 0.125. The molecule has 0 amide bonds. The quantitative estimate of drug-likeness (QED) is 0.242. The van der Waals surface area contributed by atoms with E-state index in [0.717, 1.165) is 6.07 Å². The Morgan fingerprint density at radius 3 is 2.57 bits per heavy atom. The van der Waals surface area contributed by atoms with E-state index in [9.17, 15) is 14.9 Å². The van der Waals surface area contributed by atoms with E-state index < -0.39 is 22.1 Å². The summed E-state index contributed by atoms with van der Waals surface area (Å²) in [5.41, 5.74) is 4.24. The van der Waals surface area contributed by atoms with E-state index in [0.29, 0.717) is 0 Å². The number of nitro benzene ring substituents is 1. The first kappa shape index (κ1) is 9.97. The van der Waals surface area contributed by atoms with E-state index in [1.807, 2.05) is 0 Å². The standard InChI is InChI=1S/C8H8N2O4/c1-4(11)5-2-3-6(12)7(9)8(5)10(13)14/h2-3,12H,9H2,1H3. The average molecular weight is 196 g/mol. The lowest BCUT2D eigenvalue weighted by molar-refractivity contribution is -0.384. The van der Waals surface area contributed by atoms with Crippen molar-refractivity contribution in [3.63, 3.8) is 0 Å². The molecule has 0 aromatic heterocycles. The van der Waals surface area contributed by atoms with Crippen LogP contribution in [0.5, 0.6) is 5.75 Å². The van der Waals surface area contributed by atoms with Crippen molar-refractivity contribution in [1.29, 1.82) is 0 Å². The van der Waals surface area contributed by atoms with Crippen molar-refractivity contribution >= 4 is 17.2 Å². The number of hydrogen-bond acceptors (Lipinski definition) is 5. The average Bonchev–Trinajstić information content (AvgIpc) is 2.08. The van der Waals surface area contributed by atoms with Crippen LogP contribution >= 0.6 is 0 Å². The molecule has 0 saturated carbocycles. The van der Waals surface area contributed by atoms with Crippen LogP contribution in [0.2, 0.25) is 0 Å². The van der Waals surface area contributed by atoms with Crippen LogP contribution in [0.1, 0.15) is 17.3 Å². The number of hydrogen-bond donors (Lipinski definition) is 2. The van der Waals surface area contributed by atoms with Gasteiger partial charge in [-0.05, 0) is 19.1 Å². The summed E-state index contributed by atoms with van der Waals surface area (Å²) in [5.74, 6) is -0.870. The first-order chi connectivity index (χ1) is 6.45. The summed E-state index contributed by atoms with van der Waals surface area (Å²) in [6, 6.07) is 2.32. The maximum absolute atomic E-state index is 11.0. The van der Waals surface area contributed by atoms with Gasteiger partial charge in [-0.25, -0.2) is 0 Å². The van der Waals surface area contributed by atoms with E-state index in [4.69, 9.17) is 10.8 Å². The van der Waals surface area contributed by atoms with Gasteiger partial charge in [0, 0.05) is 0 Å². The molecule has 1 rings (SSSR count). The molecule has 14 heavy (non-hydrogen) atoms. The predicted molar refractivity (Wildman–Crippen MR) is 49.2 cm³/mol. The second kappa shape index (κ2) is 3.33. The number of anilines is 1. The normalized spacial score (nSPS) is 9.79. The number of rotatable bonds is 2. The highest BCUT2D eigenvalue weighted by Crippen LogP contribution is 2.33. The van der Waals surface area contributed by atoms with Crippen LogP contribution in [-0.2, 0) is 0 Å². The van der Waals surface area contributed by atoms with Gasteiger partial charge in [-0.1, -0.05) is 0 Å². The van der Waals surface area contributed by atoms with Crippen LogP contribution in [-0.4, -0.2) is 15.8 Å². The Balaban J connectivity index is 3.53. The van der Waals surface area contributed by atoms with Gasteiger partial charge in [0.15, 0.2) is 11.5 Å². The van der Waals surface area contributed by atoms with Crippen LogP contribution < -0.4 is 5.73 Å². The van der Waals surface area contributed by atoms with Crippen molar-refractivity contribution < 1.29 is 14.8 Å². The maximum atomic E-state index is 11.0. The number of phenols is 1. The number of nitro groups is 1. The Bertz CT molecular complexity index is 414. The number of carbonyl (C=O) groups is 1. The summed E-state index contributed by atoms with van der Waals surface area (Å²) in [5, 5.41) is 19.7. The highest BCUT2D eigenvalue weighted by atomic mass is 16.6. The first-order valence-electron chi connectivity index (χ1n) is 3.72. The maximum Gasteiger partial charge on any atom is 0.306 e. The molecule has 6 nitrogen and oxygen atoms in total. The van der Waals surface area contributed by atoms with E-state index in [1.165, 1.54) is 13.0 Å². The third-order valence-corrected chi connectivity index (χ3v) is 1.76. The number of nitrogen functional groups attached to an aromatic ring is 1. The second-order valence-electron chi connectivity index (χ2n) is 2.71. The number of nitrogens with zero attached hydrogens (tertiary/aromatic N) is 1. The fourth-order valence-corrected chi connectivity index (χ4v) is 1.08. The lowest BCUT2D eigenvalue weighted by Gasteiger charge is -2.03. The number of benzene rings is 1. The predicted octanol–water partition coefficient (Wildman–Crippen LogP) is 1.09. The lowest BCUT2D eigenvalue weighted by Crippen LogP contribution is -2.03. The Labute approximate surface area is 79.1 Å². The molecule has 0 heterocycles. The molecule has 0 radical (unpaired) electrons. The van der Waals surface area contributed by atoms with Crippen molar-refractivity contribution in [2.75, 3.05) is 5.73 Å². The number of phenolic OH excluding ortho intramolecular Hbond substituents is 1. The van der Waals surface area contributed by atoms with Gasteiger partial charge >= 0.3 is 5.69 Å². The minimum atomic E-state index is -0.786. The van der Waals surface area contributed by atoms with Gasteiger partial charge in [0.05, 0.1) is 10.5 Å². The van der Waals surface area contributed by atoms with Crippen molar-refractivity contribution in [1.82, 2.24) is 0 Å². The highest BCUT2D eigenvalue weighted by Gasteiger charge is 2.23. The Kier molecular flexibility index (Phi) is 2.37. The van der Waals surface area contributed by atoms with Gasteiger partial charge in [0.2, 0.25) is 0 Å². The molecule has 0 spiro atoms. The van der Waals surface area contributed by atoms with Gasteiger partial charge in [0.1, 0.15) is 5.75 Å². The molecule has 1 aromatic carbocycles. The van der Waals surface area contributed by atoms with Gasteiger partial charge in [-0.3, -0.25) is 14.9 Å². The number of carbonyl (C=O) groups excluding carboxylic acids is 1. The van der Waals surface area contributed by atoms with Crippen molar-refractivity contribution in [3.8, 4) is 5.75 Å². The topological polar surface area (TPSA) is 106 Å². The molecule has 3 N–H and O–H groups in total. The molecule has 0 bridgehead atoms. The smallest absolute Gasteiger partial charge is 0.306 e. The molecule has 0 unspecified atom stereocenters. The zero-order valence-corrected chi connectivity index (χ0v) is 7.35. The number of Topliss-reactive ketones (excluding diaryl/α,β-unsaturated/α-hetero) is 1. The number of aromatic hydroxyl groups is 1. The molecule has 0 saturated heterocycles. The number of ketones is 1. The molecule has 0 aliphatic rings. The van der Waals surface area contributed by atoms with Crippen LogP contribution in [0.4, 0.5) is 11.4 Å². The minimum Gasteiger partial charge on any atom is -0.506 e. The summed E-state index contributed by atoms with van der Waals surface area (Å²) in [6.07, 6.45) is 0. The second-order valence-corrected chi connectivity index (χ2v) is 2.71. The van der Waals surface area contributed by atoms with E-state index in [1.54, 1.807) is 0 Å².